The number of ether oxygens (including phenoxy) is 1. The van der Waals surface area contributed by atoms with E-state index in [1.807, 2.05) is 30.5 Å². The van der Waals surface area contributed by atoms with E-state index in [0.717, 1.165) is 84.3 Å². The normalized spacial score (nSPS) is 24.1. The summed E-state index contributed by atoms with van der Waals surface area (Å²) in [6, 6.07) is 8.89. The van der Waals surface area contributed by atoms with Gasteiger partial charge in [-0.25, -0.2) is 0 Å². The molecule has 2 atom stereocenters. The molecule has 1 amide bonds. The number of rotatable bonds is 7. The lowest BCUT2D eigenvalue weighted by Gasteiger charge is -2.46. The fourth-order valence-corrected chi connectivity index (χ4v) is 7.55. The second kappa shape index (κ2) is 11.5. The lowest BCUT2D eigenvalue weighted by molar-refractivity contribution is 0.0351. The molecule has 40 heavy (non-hydrogen) atoms. The Morgan fingerprint density at radius 1 is 1.07 bits per heavy atom. The van der Waals surface area contributed by atoms with Crippen LogP contribution in [0.25, 0.3) is 17.0 Å². The van der Waals surface area contributed by atoms with Gasteiger partial charge in [-0.05, 0) is 82.2 Å². The van der Waals surface area contributed by atoms with E-state index in [4.69, 9.17) is 9.15 Å². The van der Waals surface area contributed by atoms with Crippen molar-refractivity contribution in [2.75, 3.05) is 32.7 Å². The molecular weight excluding hydrogens is 500 g/mol. The van der Waals surface area contributed by atoms with Gasteiger partial charge in [0.1, 0.15) is 23.8 Å². The van der Waals surface area contributed by atoms with Gasteiger partial charge in [0, 0.05) is 60.2 Å². The Kier molecular flexibility index (Phi) is 7.42. The maximum absolute atomic E-state index is 13.2. The van der Waals surface area contributed by atoms with Crippen molar-refractivity contribution >= 4 is 22.9 Å². The first-order valence-electron chi connectivity index (χ1n) is 15.5. The molecule has 7 nitrogen and oxygen atoms in total. The van der Waals surface area contributed by atoms with Crippen molar-refractivity contribution in [1.29, 1.82) is 0 Å². The van der Waals surface area contributed by atoms with Gasteiger partial charge in [0.15, 0.2) is 0 Å². The zero-order valence-electron chi connectivity index (χ0n) is 23.5. The monoisotopic (exact) mass is 542 g/mol. The highest BCUT2D eigenvalue weighted by atomic mass is 16.5. The molecule has 3 saturated heterocycles. The van der Waals surface area contributed by atoms with E-state index in [1.54, 1.807) is 0 Å². The highest BCUT2D eigenvalue weighted by Gasteiger charge is 2.34. The Morgan fingerprint density at radius 3 is 2.90 bits per heavy atom. The Bertz CT molecular complexity index is 1360. The quantitative estimate of drug-likeness (QED) is 0.397. The summed E-state index contributed by atoms with van der Waals surface area (Å²) in [5.74, 6) is 2.60. The average molecular weight is 543 g/mol. The number of hydrogen-bond donors (Lipinski definition) is 2. The van der Waals surface area contributed by atoms with Gasteiger partial charge < -0.3 is 29.3 Å². The van der Waals surface area contributed by atoms with Gasteiger partial charge in [0.25, 0.3) is 5.91 Å². The summed E-state index contributed by atoms with van der Waals surface area (Å²) >= 11 is 0. The van der Waals surface area contributed by atoms with E-state index in [1.165, 1.54) is 51.7 Å². The van der Waals surface area contributed by atoms with E-state index >= 15 is 0 Å². The van der Waals surface area contributed by atoms with Crippen LogP contribution in [0.15, 0.2) is 41.0 Å². The molecule has 1 aliphatic carbocycles. The molecule has 2 unspecified atom stereocenters. The minimum absolute atomic E-state index is 0.0280. The fraction of sp³-hybridized carbons (Fsp3) is 0.545. The van der Waals surface area contributed by atoms with Gasteiger partial charge >= 0.3 is 0 Å². The van der Waals surface area contributed by atoms with Crippen molar-refractivity contribution in [3.63, 3.8) is 0 Å². The molecule has 3 fully saturated rings. The molecule has 0 bridgehead atoms. The van der Waals surface area contributed by atoms with E-state index < -0.39 is 0 Å². The number of benzene rings is 1. The molecule has 1 aromatic carbocycles. The number of hydrogen-bond acceptors (Lipinski definition) is 5. The van der Waals surface area contributed by atoms with Crippen LogP contribution in [0.4, 0.5) is 0 Å². The fourth-order valence-electron chi connectivity index (χ4n) is 7.55. The Labute approximate surface area is 236 Å². The minimum atomic E-state index is -0.0280. The van der Waals surface area contributed by atoms with Crippen molar-refractivity contribution in [2.24, 2.45) is 5.92 Å². The van der Waals surface area contributed by atoms with Gasteiger partial charge in [0.2, 0.25) is 0 Å². The lowest BCUT2D eigenvalue weighted by Crippen LogP contribution is -2.52. The number of aromatic nitrogens is 1. The Balaban J connectivity index is 0.940. The number of aromatic amines is 1. The Morgan fingerprint density at radius 2 is 1.98 bits per heavy atom. The second-order valence-corrected chi connectivity index (χ2v) is 12.3. The number of aryl methyl sites for hydroxylation is 1. The number of nitrogens with one attached hydrogen (secondary N) is 2. The third-order valence-electron chi connectivity index (χ3n) is 9.71. The number of allylic oxidation sites excluding steroid dienone is 1. The number of H-pyrrole nitrogens is 1. The number of piperidine rings is 3. The number of carbonyl (C=O) groups is 1. The van der Waals surface area contributed by atoms with Crippen molar-refractivity contribution < 1.29 is 13.9 Å². The topological polar surface area (TPSA) is 73.7 Å². The van der Waals surface area contributed by atoms with E-state index in [2.05, 4.69) is 32.3 Å². The first-order chi connectivity index (χ1) is 19.7. The highest BCUT2D eigenvalue weighted by Crippen LogP contribution is 2.33. The van der Waals surface area contributed by atoms with Crippen LogP contribution in [-0.4, -0.2) is 65.5 Å². The standard InChI is InChI=1S/C33H42N4O3/c38-33(34-25-13-17-36(18-14-25)20-23-7-6-16-37-15-4-3-10-30(23)37)29-19-27-28(35-29)9-5-12-32(27)40-22-24-21-39-31-11-2-1-8-26(24)31/h1,5,8-9,12,19,21,23,25,30,35H,2-4,6-7,10-11,13-18,20,22H2,(H,34,38). The smallest absolute Gasteiger partial charge is 0.267 e. The summed E-state index contributed by atoms with van der Waals surface area (Å²) in [5, 5.41) is 4.24. The van der Waals surface area contributed by atoms with Crippen molar-refractivity contribution in [3.05, 3.63) is 59.2 Å². The number of carbonyl (C=O) groups excluding carboxylic acids is 1. The first-order valence-corrected chi connectivity index (χ1v) is 15.5. The molecule has 0 spiro atoms. The molecule has 7 heteroatoms. The van der Waals surface area contributed by atoms with Gasteiger partial charge in [-0.15, -0.1) is 0 Å². The first kappa shape index (κ1) is 25.9. The van der Waals surface area contributed by atoms with Crippen LogP contribution >= 0.6 is 0 Å². The summed E-state index contributed by atoms with van der Waals surface area (Å²) in [6.45, 7) is 6.43. The second-order valence-electron chi connectivity index (χ2n) is 12.3. The van der Waals surface area contributed by atoms with Crippen LogP contribution in [0.1, 0.15) is 78.7 Å². The zero-order chi connectivity index (χ0) is 26.9. The molecule has 5 heterocycles. The number of nitrogens with zero attached hydrogens (tertiary/aromatic N) is 2. The van der Waals surface area contributed by atoms with Crippen LogP contribution in [-0.2, 0) is 13.0 Å². The maximum Gasteiger partial charge on any atom is 0.267 e. The average Bonchev–Trinajstić information content (AvgIpc) is 3.62. The highest BCUT2D eigenvalue weighted by molar-refractivity contribution is 5.99. The van der Waals surface area contributed by atoms with Crippen molar-refractivity contribution in [1.82, 2.24) is 20.1 Å². The predicted octanol–water partition coefficient (Wildman–Crippen LogP) is 5.76. The molecule has 3 aliphatic heterocycles. The minimum Gasteiger partial charge on any atom is -0.488 e. The predicted molar refractivity (Wildman–Crippen MR) is 158 cm³/mol. The molecule has 0 saturated carbocycles. The van der Waals surface area contributed by atoms with Crippen molar-refractivity contribution in [2.45, 2.75) is 76.5 Å². The van der Waals surface area contributed by atoms with Gasteiger partial charge in [-0.1, -0.05) is 24.6 Å². The number of likely N-dealkylation sites (tertiary alicyclic amines) is 1. The van der Waals surface area contributed by atoms with Crippen molar-refractivity contribution in [3.8, 4) is 5.75 Å². The largest absolute Gasteiger partial charge is 0.488 e. The van der Waals surface area contributed by atoms with Crippen LogP contribution < -0.4 is 10.1 Å². The molecule has 0 radical (unpaired) electrons. The van der Waals surface area contributed by atoms with Crippen LogP contribution in [0, 0.1) is 5.92 Å². The van der Waals surface area contributed by atoms with E-state index in [0.29, 0.717) is 12.3 Å². The van der Waals surface area contributed by atoms with Gasteiger partial charge in [-0.2, -0.15) is 0 Å². The third kappa shape index (κ3) is 5.34. The van der Waals surface area contributed by atoms with E-state index in [-0.39, 0.29) is 11.9 Å². The van der Waals surface area contributed by atoms with Crippen LogP contribution in [0.3, 0.4) is 0 Å². The Hall–Kier alpha value is -3.03. The summed E-state index contributed by atoms with van der Waals surface area (Å²) in [5.41, 5.74) is 3.71. The molecule has 2 aromatic heterocycles. The summed E-state index contributed by atoms with van der Waals surface area (Å²) in [4.78, 5) is 22.0. The SMILES string of the molecule is O=C(NC1CCN(CC2CCCN3CCCCC23)CC1)c1cc2c(OCc3coc4c3C=CCC4)cccc2[nH]1. The summed E-state index contributed by atoms with van der Waals surface area (Å²) < 4.78 is 12.0. The van der Waals surface area contributed by atoms with E-state index in [9.17, 15) is 4.79 Å². The molecule has 3 aromatic rings. The molecule has 7 rings (SSSR count). The van der Waals surface area contributed by atoms with Gasteiger partial charge in [0.05, 0.1) is 6.26 Å². The zero-order valence-corrected chi connectivity index (χ0v) is 23.5. The summed E-state index contributed by atoms with van der Waals surface area (Å²) in [6.07, 6.45) is 17.0. The van der Waals surface area contributed by atoms with Crippen LogP contribution in [0.2, 0.25) is 0 Å². The molecule has 4 aliphatic rings. The molecular formula is C33H42N4O3. The number of fused-ring (bicyclic) bond motifs is 3. The molecule has 2 N–H and O–H groups in total. The number of furan rings is 1. The third-order valence-corrected chi connectivity index (χ3v) is 9.71. The lowest BCUT2D eigenvalue weighted by atomic mass is 9.83. The molecule has 212 valence electrons. The maximum atomic E-state index is 13.2. The van der Waals surface area contributed by atoms with Gasteiger partial charge in [-0.3, -0.25) is 4.79 Å². The van der Waals surface area contributed by atoms with Crippen LogP contribution in [0.5, 0.6) is 5.75 Å². The summed E-state index contributed by atoms with van der Waals surface area (Å²) in [7, 11) is 0. The number of amides is 1.